The number of carbonyl (C=O) groups is 3. The van der Waals surface area contributed by atoms with Crippen molar-refractivity contribution in [1.82, 2.24) is 0 Å². The topological polar surface area (TPSA) is 78.9 Å². The second-order valence-electron chi connectivity index (χ2n) is 19.5. The fourth-order valence-electron chi connectivity index (χ4n) is 8.16. The van der Waals surface area contributed by atoms with E-state index in [2.05, 4.69) is 106 Å². The Morgan fingerprint density at radius 2 is 0.557 bits per heavy atom. The van der Waals surface area contributed by atoms with Gasteiger partial charge in [0.1, 0.15) is 13.2 Å². The van der Waals surface area contributed by atoms with Crippen LogP contribution >= 0.6 is 0 Å². The smallest absolute Gasteiger partial charge is 0.306 e. The second-order valence-corrected chi connectivity index (χ2v) is 19.5. The fraction of sp³-hybridized carbons (Fsp3) is 0.734. The average molecular weight is 976 g/mol. The summed E-state index contributed by atoms with van der Waals surface area (Å²) >= 11 is 0. The zero-order valence-corrected chi connectivity index (χ0v) is 46.0. The molecule has 0 saturated carbocycles. The summed E-state index contributed by atoms with van der Waals surface area (Å²) in [5.41, 5.74) is 0. The van der Waals surface area contributed by atoms with Crippen molar-refractivity contribution in [2.45, 2.75) is 290 Å². The molecule has 0 spiro atoms. The Morgan fingerprint density at radius 3 is 0.900 bits per heavy atom. The molecule has 0 aromatic heterocycles. The number of allylic oxidation sites excluding steroid dienone is 14. The first-order valence-electron chi connectivity index (χ1n) is 29.6. The van der Waals surface area contributed by atoms with Gasteiger partial charge in [0.25, 0.3) is 0 Å². The molecule has 0 radical (unpaired) electrons. The number of rotatable bonds is 53. The van der Waals surface area contributed by atoms with Crippen molar-refractivity contribution in [2.75, 3.05) is 13.2 Å². The second kappa shape index (κ2) is 58.2. The minimum Gasteiger partial charge on any atom is -0.462 e. The van der Waals surface area contributed by atoms with Gasteiger partial charge in [0.15, 0.2) is 6.10 Å². The highest BCUT2D eigenvalue weighted by atomic mass is 16.6. The number of ether oxygens (including phenoxy) is 3. The molecule has 402 valence electrons. The molecule has 0 aromatic rings. The van der Waals surface area contributed by atoms with Crippen LogP contribution in [0.15, 0.2) is 85.1 Å². The highest BCUT2D eigenvalue weighted by Gasteiger charge is 2.19. The molecule has 0 fully saturated rings. The Kier molecular flexibility index (Phi) is 55.3. The normalized spacial score (nSPS) is 12.7. The number of carbonyl (C=O) groups excluding carboxylic acids is 3. The van der Waals surface area contributed by atoms with Gasteiger partial charge in [-0.25, -0.2) is 0 Å². The van der Waals surface area contributed by atoms with Crippen LogP contribution in [0.2, 0.25) is 0 Å². The quantitative estimate of drug-likeness (QED) is 0.0261. The van der Waals surface area contributed by atoms with E-state index in [0.29, 0.717) is 19.3 Å². The van der Waals surface area contributed by atoms with E-state index in [0.717, 1.165) is 109 Å². The minimum atomic E-state index is -0.790. The monoisotopic (exact) mass is 975 g/mol. The standard InChI is InChI=1S/C64H110O6/c1-4-7-10-13-16-19-22-25-28-31-34-36-39-42-45-48-51-54-57-63(66)69-60-61(70-64(67)58-55-52-49-46-43-40-37-33-30-27-24-21-18-15-12-9-6-3)59-68-62(65)56-53-50-47-44-41-38-35-32-29-26-23-20-17-14-11-8-5-2/h9,12,17-22,26-31,61H,4-8,10-11,13-16,23-25,32-60H2,1-3H3/b12-9-,20-17-,21-18-,22-19-,29-26-,30-27-,31-28-. The van der Waals surface area contributed by atoms with Crippen LogP contribution in [0.5, 0.6) is 0 Å². The van der Waals surface area contributed by atoms with Crippen molar-refractivity contribution in [3.05, 3.63) is 85.1 Å². The molecule has 0 aliphatic carbocycles. The number of hydrogen-bond donors (Lipinski definition) is 0. The van der Waals surface area contributed by atoms with E-state index in [1.165, 1.54) is 135 Å². The lowest BCUT2D eigenvalue weighted by Crippen LogP contribution is -2.30. The first kappa shape index (κ1) is 66.6. The fourth-order valence-corrected chi connectivity index (χ4v) is 8.16. The van der Waals surface area contributed by atoms with E-state index in [1.54, 1.807) is 0 Å². The molecular formula is C64H110O6. The third-order valence-electron chi connectivity index (χ3n) is 12.6. The molecule has 0 heterocycles. The molecule has 70 heavy (non-hydrogen) atoms. The van der Waals surface area contributed by atoms with Gasteiger partial charge < -0.3 is 14.2 Å². The first-order chi connectivity index (χ1) is 34.5. The lowest BCUT2D eigenvalue weighted by atomic mass is 10.1. The zero-order chi connectivity index (χ0) is 50.7. The maximum Gasteiger partial charge on any atom is 0.306 e. The van der Waals surface area contributed by atoms with Crippen LogP contribution in [0, 0.1) is 0 Å². The molecule has 6 nitrogen and oxygen atoms in total. The van der Waals surface area contributed by atoms with Crippen molar-refractivity contribution in [3.63, 3.8) is 0 Å². The minimum absolute atomic E-state index is 0.0872. The molecule has 0 bridgehead atoms. The molecule has 0 rings (SSSR count). The van der Waals surface area contributed by atoms with E-state index in [9.17, 15) is 14.4 Å². The molecule has 0 aliphatic rings. The molecule has 6 heteroatoms. The summed E-state index contributed by atoms with van der Waals surface area (Å²) in [5.74, 6) is -0.905. The van der Waals surface area contributed by atoms with Crippen LogP contribution in [0.1, 0.15) is 284 Å². The van der Waals surface area contributed by atoms with E-state index in [-0.39, 0.29) is 31.1 Å². The highest BCUT2D eigenvalue weighted by Crippen LogP contribution is 2.15. The summed E-state index contributed by atoms with van der Waals surface area (Å²) in [6, 6.07) is 0. The van der Waals surface area contributed by atoms with Gasteiger partial charge in [0, 0.05) is 19.3 Å². The van der Waals surface area contributed by atoms with E-state index in [1.807, 2.05) is 0 Å². The maximum absolute atomic E-state index is 12.9. The van der Waals surface area contributed by atoms with Gasteiger partial charge in [0.2, 0.25) is 0 Å². The number of hydrogen-bond acceptors (Lipinski definition) is 6. The maximum atomic E-state index is 12.9. The van der Waals surface area contributed by atoms with Gasteiger partial charge >= 0.3 is 17.9 Å². The van der Waals surface area contributed by atoms with E-state index >= 15 is 0 Å². The SMILES string of the molecule is CC/C=C\C/C=C\C/C=C\CCCCCCCCCC(=O)OC(COC(=O)CCCCCCCCC/C=C\C/C=C\CCCCC)COC(=O)CCCCCCCCC/C=C\C/C=C\CCCCCC. The third kappa shape index (κ3) is 55.5. The largest absolute Gasteiger partial charge is 0.462 e. The molecule has 0 aromatic carbocycles. The number of esters is 3. The summed E-state index contributed by atoms with van der Waals surface area (Å²) in [6.45, 7) is 6.49. The van der Waals surface area contributed by atoms with Crippen molar-refractivity contribution in [3.8, 4) is 0 Å². The first-order valence-corrected chi connectivity index (χ1v) is 29.6. The summed E-state index contributed by atoms with van der Waals surface area (Å²) in [7, 11) is 0. The zero-order valence-electron chi connectivity index (χ0n) is 46.0. The molecule has 0 saturated heterocycles. The van der Waals surface area contributed by atoms with E-state index in [4.69, 9.17) is 14.2 Å². The average Bonchev–Trinajstić information content (AvgIpc) is 3.36. The third-order valence-corrected chi connectivity index (χ3v) is 12.6. The van der Waals surface area contributed by atoms with Crippen molar-refractivity contribution >= 4 is 17.9 Å². The molecule has 0 aliphatic heterocycles. The Hall–Kier alpha value is -3.41. The van der Waals surface area contributed by atoms with Crippen LogP contribution in [0.4, 0.5) is 0 Å². The van der Waals surface area contributed by atoms with Gasteiger partial charge in [-0.1, -0.05) is 234 Å². The van der Waals surface area contributed by atoms with Crippen molar-refractivity contribution < 1.29 is 28.6 Å². The van der Waals surface area contributed by atoms with Crippen LogP contribution < -0.4 is 0 Å². The van der Waals surface area contributed by atoms with Crippen LogP contribution in [-0.2, 0) is 28.6 Å². The Balaban J connectivity index is 4.42. The predicted molar refractivity (Wildman–Crippen MR) is 302 cm³/mol. The highest BCUT2D eigenvalue weighted by molar-refractivity contribution is 5.71. The molecule has 1 atom stereocenters. The Bertz CT molecular complexity index is 1350. The van der Waals surface area contributed by atoms with Crippen LogP contribution in [0.25, 0.3) is 0 Å². The lowest BCUT2D eigenvalue weighted by molar-refractivity contribution is -0.167. The van der Waals surface area contributed by atoms with Crippen molar-refractivity contribution in [2.24, 2.45) is 0 Å². The molecule has 0 N–H and O–H groups in total. The molecular weight excluding hydrogens is 865 g/mol. The van der Waals surface area contributed by atoms with E-state index < -0.39 is 6.10 Å². The van der Waals surface area contributed by atoms with Crippen LogP contribution in [0.3, 0.4) is 0 Å². The Labute approximate surface area is 433 Å². The molecule has 0 amide bonds. The molecule has 1 unspecified atom stereocenters. The van der Waals surface area contributed by atoms with Gasteiger partial charge in [-0.2, -0.15) is 0 Å². The van der Waals surface area contributed by atoms with Gasteiger partial charge in [-0.15, -0.1) is 0 Å². The van der Waals surface area contributed by atoms with Crippen molar-refractivity contribution in [1.29, 1.82) is 0 Å². The number of unbranched alkanes of at least 4 members (excludes halogenated alkanes) is 28. The summed E-state index contributed by atoms with van der Waals surface area (Å²) in [6.07, 6.45) is 75.6. The lowest BCUT2D eigenvalue weighted by Gasteiger charge is -2.18. The summed E-state index contributed by atoms with van der Waals surface area (Å²) < 4.78 is 16.9. The van der Waals surface area contributed by atoms with Gasteiger partial charge in [-0.05, 0) is 116 Å². The Morgan fingerprint density at radius 1 is 0.300 bits per heavy atom. The predicted octanol–water partition coefficient (Wildman–Crippen LogP) is 19.9. The summed E-state index contributed by atoms with van der Waals surface area (Å²) in [4.78, 5) is 38.2. The summed E-state index contributed by atoms with van der Waals surface area (Å²) in [5, 5.41) is 0. The van der Waals surface area contributed by atoms with Gasteiger partial charge in [-0.3, -0.25) is 14.4 Å². The van der Waals surface area contributed by atoms with Gasteiger partial charge in [0.05, 0.1) is 0 Å². The van der Waals surface area contributed by atoms with Crippen LogP contribution in [-0.4, -0.2) is 37.2 Å².